The second-order valence-corrected chi connectivity index (χ2v) is 6.36. The summed E-state index contributed by atoms with van der Waals surface area (Å²) in [5.74, 6) is -0.341. The van der Waals surface area contributed by atoms with Gasteiger partial charge < -0.3 is 15.2 Å². The molecule has 0 fully saturated rings. The second kappa shape index (κ2) is 6.67. The smallest absolute Gasteiger partial charge is 0.337 e. The number of anilines is 1. The molecule has 3 N–H and O–H groups in total. The minimum absolute atomic E-state index is 0.00516. The monoisotopic (exact) mass is 336 g/mol. The first-order valence-corrected chi connectivity index (χ1v) is 8.05. The molecular formula is C15H16N2O5S. The van der Waals surface area contributed by atoms with Crippen LogP contribution in [0, 0.1) is 0 Å². The van der Waals surface area contributed by atoms with E-state index in [-0.39, 0.29) is 21.9 Å². The lowest BCUT2D eigenvalue weighted by atomic mass is 10.2. The molecule has 0 aliphatic carbocycles. The fourth-order valence-corrected chi connectivity index (χ4v) is 2.79. The Kier molecular flexibility index (Phi) is 4.87. The minimum Gasteiger partial charge on any atom is -0.465 e. The zero-order valence-corrected chi connectivity index (χ0v) is 13.4. The van der Waals surface area contributed by atoms with Crippen molar-refractivity contribution in [3.8, 4) is 11.5 Å². The maximum atomic E-state index is 12.2. The van der Waals surface area contributed by atoms with Crippen molar-refractivity contribution < 1.29 is 22.7 Å². The van der Waals surface area contributed by atoms with Gasteiger partial charge in [0.2, 0.25) is 10.0 Å². The van der Waals surface area contributed by atoms with Crippen molar-refractivity contribution in [2.45, 2.75) is 4.90 Å². The van der Waals surface area contributed by atoms with Gasteiger partial charge >= 0.3 is 5.97 Å². The second-order valence-electron chi connectivity index (χ2n) is 4.51. The first kappa shape index (κ1) is 16.8. The Bertz CT molecular complexity index is 819. The molecule has 0 radical (unpaired) electrons. The molecule has 0 spiro atoms. The molecule has 8 heteroatoms. The summed E-state index contributed by atoms with van der Waals surface area (Å²) in [5, 5.41) is 0. The van der Waals surface area contributed by atoms with Crippen LogP contribution >= 0.6 is 0 Å². The van der Waals surface area contributed by atoms with Gasteiger partial charge in [-0.05, 0) is 31.3 Å². The highest BCUT2D eigenvalue weighted by molar-refractivity contribution is 7.89. The fraction of sp³-hybridized carbons (Fsp3) is 0.133. The lowest BCUT2D eigenvalue weighted by Gasteiger charge is -2.15. The molecule has 2 aromatic carbocycles. The van der Waals surface area contributed by atoms with E-state index in [1.165, 1.54) is 20.2 Å². The molecule has 0 amide bonds. The average Bonchev–Trinajstić information content (AvgIpc) is 2.56. The van der Waals surface area contributed by atoms with Crippen LogP contribution in [-0.2, 0) is 14.8 Å². The Morgan fingerprint density at radius 3 is 2.39 bits per heavy atom. The summed E-state index contributed by atoms with van der Waals surface area (Å²) >= 11 is 0. The molecule has 0 bridgehead atoms. The number of sulfonamides is 1. The number of hydrogen-bond acceptors (Lipinski definition) is 6. The van der Waals surface area contributed by atoms with E-state index in [1.807, 2.05) is 0 Å². The molecule has 0 saturated heterocycles. The highest BCUT2D eigenvalue weighted by Crippen LogP contribution is 2.35. The maximum Gasteiger partial charge on any atom is 0.337 e. The number of carbonyl (C=O) groups excluding carboxylic acids is 1. The summed E-state index contributed by atoms with van der Waals surface area (Å²) < 4.78 is 36.8. The number of rotatable bonds is 5. The quantitative estimate of drug-likeness (QED) is 0.636. The van der Waals surface area contributed by atoms with Crippen LogP contribution in [0.5, 0.6) is 11.5 Å². The number of hydrogen-bond donors (Lipinski definition) is 2. The van der Waals surface area contributed by atoms with Crippen LogP contribution in [-0.4, -0.2) is 28.5 Å². The van der Waals surface area contributed by atoms with Gasteiger partial charge in [0, 0.05) is 0 Å². The Balaban J connectivity index is 2.63. The van der Waals surface area contributed by atoms with Gasteiger partial charge in [-0.25, -0.2) is 17.9 Å². The van der Waals surface area contributed by atoms with E-state index < -0.39 is 16.0 Å². The van der Waals surface area contributed by atoms with Gasteiger partial charge in [0.25, 0.3) is 0 Å². The summed E-state index contributed by atoms with van der Waals surface area (Å²) in [6, 6.07) is 11.0. The Morgan fingerprint density at radius 2 is 1.83 bits per heavy atom. The average molecular weight is 336 g/mol. The number of esters is 1. The highest BCUT2D eigenvalue weighted by Gasteiger charge is 2.24. The Labute approximate surface area is 134 Å². The number of nitrogens with two attached hydrogens (primary N) is 1. The lowest BCUT2D eigenvalue weighted by molar-refractivity contribution is 0.0600. The topological polar surface area (TPSA) is 108 Å². The number of ether oxygens (including phenoxy) is 2. The van der Waals surface area contributed by atoms with E-state index in [9.17, 15) is 13.2 Å². The van der Waals surface area contributed by atoms with Crippen molar-refractivity contribution >= 4 is 21.7 Å². The molecule has 0 saturated carbocycles. The molecule has 0 unspecified atom stereocenters. The minimum atomic E-state index is -3.90. The fourth-order valence-electron chi connectivity index (χ4n) is 1.88. The summed E-state index contributed by atoms with van der Waals surface area (Å²) in [6.45, 7) is 0. The van der Waals surface area contributed by atoms with E-state index in [4.69, 9.17) is 10.5 Å². The van der Waals surface area contributed by atoms with Crippen molar-refractivity contribution in [3.05, 3.63) is 48.0 Å². The van der Waals surface area contributed by atoms with E-state index >= 15 is 0 Å². The molecule has 0 aliphatic rings. The van der Waals surface area contributed by atoms with Crippen LogP contribution in [0.4, 0.5) is 5.69 Å². The van der Waals surface area contributed by atoms with Crippen LogP contribution in [0.3, 0.4) is 0 Å². The predicted octanol–water partition coefficient (Wildman–Crippen LogP) is 1.76. The predicted molar refractivity (Wildman–Crippen MR) is 85.0 cm³/mol. The van der Waals surface area contributed by atoms with Crippen LogP contribution in [0.15, 0.2) is 47.4 Å². The SMILES string of the molecule is CNS(=O)(=O)c1cc(C(=O)OC)cc(N)c1Oc1ccccc1. The number of nitrogens with one attached hydrogen (secondary N) is 1. The normalized spacial score (nSPS) is 11.0. The zero-order valence-electron chi connectivity index (χ0n) is 12.6. The van der Waals surface area contributed by atoms with Crippen molar-refractivity contribution in [2.24, 2.45) is 0 Å². The summed E-state index contributed by atoms with van der Waals surface area (Å²) in [6.07, 6.45) is 0. The zero-order chi connectivity index (χ0) is 17.0. The van der Waals surface area contributed by atoms with Crippen molar-refractivity contribution in [1.29, 1.82) is 0 Å². The molecule has 0 aliphatic heterocycles. The number of nitrogen functional groups attached to an aromatic ring is 1. The molecular weight excluding hydrogens is 320 g/mol. The molecule has 2 aromatic rings. The van der Waals surface area contributed by atoms with Gasteiger partial charge in [0.15, 0.2) is 5.75 Å². The maximum absolute atomic E-state index is 12.2. The first-order chi connectivity index (χ1) is 10.9. The molecule has 122 valence electrons. The third kappa shape index (κ3) is 3.61. The van der Waals surface area contributed by atoms with Gasteiger partial charge in [0.05, 0.1) is 18.4 Å². The third-order valence-electron chi connectivity index (χ3n) is 3.03. The Morgan fingerprint density at radius 1 is 1.17 bits per heavy atom. The number of methoxy groups -OCH3 is 1. The largest absolute Gasteiger partial charge is 0.465 e. The van der Waals surface area contributed by atoms with E-state index in [0.717, 1.165) is 6.07 Å². The van der Waals surface area contributed by atoms with Crippen LogP contribution in [0.25, 0.3) is 0 Å². The van der Waals surface area contributed by atoms with Crippen LogP contribution in [0.1, 0.15) is 10.4 Å². The van der Waals surface area contributed by atoms with Crippen molar-refractivity contribution in [2.75, 3.05) is 19.9 Å². The standard InChI is InChI=1S/C15H16N2O5S/c1-17-23(19,20)13-9-10(15(18)21-2)8-12(16)14(13)22-11-6-4-3-5-7-11/h3-9,17H,16H2,1-2H3. The number of benzene rings is 2. The Hall–Kier alpha value is -2.58. The van der Waals surface area contributed by atoms with Crippen molar-refractivity contribution in [3.63, 3.8) is 0 Å². The van der Waals surface area contributed by atoms with Gasteiger partial charge in [-0.2, -0.15) is 0 Å². The van der Waals surface area contributed by atoms with Gasteiger partial charge in [0.1, 0.15) is 10.6 Å². The van der Waals surface area contributed by atoms with Crippen LogP contribution < -0.4 is 15.2 Å². The van der Waals surface area contributed by atoms with Crippen molar-refractivity contribution in [1.82, 2.24) is 4.72 Å². The molecule has 0 aromatic heterocycles. The molecule has 0 heterocycles. The van der Waals surface area contributed by atoms with Gasteiger partial charge in [-0.15, -0.1) is 0 Å². The molecule has 0 atom stereocenters. The third-order valence-corrected chi connectivity index (χ3v) is 4.45. The summed E-state index contributed by atoms with van der Waals surface area (Å²) in [5.41, 5.74) is 5.91. The summed E-state index contributed by atoms with van der Waals surface area (Å²) in [7, 11) is -1.45. The van der Waals surface area contributed by atoms with E-state index in [2.05, 4.69) is 9.46 Å². The molecule has 2 rings (SSSR count). The van der Waals surface area contributed by atoms with Crippen LogP contribution in [0.2, 0.25) is 0 Å². The summed E-state index contributed by atoms with van der Waals surface area (Å²) in [4.78, 5) is 11.4. The lowest BCUT2D eigenvalue weighted by Crippen LogP contribution is -2.20. The van der Waals surface area contributed by atoms with Gasteiger partial charge in [-0.1, -0.05) is 18.2 Å². The first-order valence-electron chi connectivity index (χ1n) is 6.57. The number of para-hydroxylation sites is 1. The number of carbonyl (C=O) groups is 1. The van der Waals surface area contributed by atoms with E-state index in [0.29, 0.717) is 5.75 Å². The highest BCUT2D eigenvalue weighted by atomic mass is 32.2. The molecule has 23 heavy (non-hydrogen) atoms. The molecule has 7 nitrogen and oxygen atoms in total. The van der Waals surface area contributed by atoms with E-state index in [1.54, 1.807) is 30.3 Å². The van der Waals surface area contributed by atoms with Gasteiger partial charge in [-0.3, -0.25) is 0 Å².